The molecule has 5 rings (SSSR count). The molecule has 1 aliphatic carbocycles. The molecule has 2 aliphatic heterocycles. The van der Waals surface area contributed by atoms with E-state index in [-0.39, 0.29) is 35.9 Å². The Bertz CT molecular complexity index is 1220. The number of esters is 2. The lowest BCUT2D eigenvalue weighted by molar-refractivity contribution is -0.917. The molecular formula is C33H43IN2O6. The molecule has 0 atom stereocenters. The predicted octanol–water partition coefficient (Wildman–Crippen LogP) is 2.59. The monoisotopic (exact) mass is 690 g/mol. The van der Waals surface area contributed by atoms with Crippen molar-refractivity contribution >= 4 is 17.8 Å². The Morgan fingerprint density at radius 3 is 1.81 bits per heavy atom. The summed E-state index contributed by atoms with van der Waals surface area (Å²) in [6.07, 6.45) is 11.4. The molecule has 8 nitrogen and oxygen atoms in total. The van der Waals surface area contributed by atoms with Crippen molar-refractivity contribution in [2.45, 2.75) is 69.7 Å². The average molecular weight is 691 g/mol. The lowest BCUT2D eigenvalue weighted by atomic mass is 9.85. The first-order chi connectivity index (χ1) is 19.8. The first kappa shape index (κ1) is 32.3. The lowest BCUT2D eigenvalue weighted by Gasteiger charge is -2.43. The van der Waals surface area contributed by atoms with Crippen LogP contribution in [-0.4, -0.2) is 69.3 Å². The van der Waals surface area contributed by atoms with Crippen molar-refractivity contribution in [1.29, 1.82) is 0 Å². The van der Waals surface area contributed by atoms with Gasteiger partial charge >= 0.3 is 11.9 Å². The van der Waals surface area contributed by atoms with Crippen molar-refractivity contribution in [2.24, 2.45) is 5.92 Å². The highest BCUT2D eigenvalue weighted by Gasteiger charge is 2.38. The fourth-order valence-corrected chi connectivity index (χ4v) is 6.94. The summed E-state index contributed by atoms with van der Waals surface area (Å²) in [6, 6.07) is 10.0. The number of hydrogen-bond acceptors (Lipinski definition) is 6. The fourth-order valence-electron chi connectivity index (χ4n) is 6.94. The Morgan fingerprint density at radius 1 is 0.810 bits per heavy atom. The topological polar surface area (TPSA) is 90.9 Å². The molecular weight excluding hydrogens is 647 g/mol. The summed E-state index contributed by atoms with van der Waals surface area (Å²) < 4.78 is 17.0. The van der Waals surface area contributed by atoms with Gasteiger partial charge in [0.15, 0.2) is 0 Å². The summed E-state index contributed by atoms with van der Waals surface area (Å²) in [7, 11) is 5.03. The van der Waals surface area contributed by atoms with Crippen molar-refractivity contribution in [3.63, 3.8) is 0 Å². The van der Waals surface area contributed by atoms with Gasteiger partial charge in [0.05, 0.1) is 57.9 Å². The standard InChI is InChI=1S/C33H42N2O6.HI/c1-35(21-22-9-7-5-4-6-8-10-22)17-15-25(16-18-35)34-31(36)30-26-19-23(32(37)39-2)11-13-28(26)41-29-14-12-24(20-27(29)30)33(38)40-3;/h11-14,19-20,22,25,30H,4-10,15-18,21H2,1-3H3;1H. The van der Waals surface area contributed by atoms with E-state index in [0.717, 1.165) is 36.3 Å². The molecule has 1 N–H and O–H groups in total. The van der Waals surface area contributed by atoms with E-state index in [0.29, 0.717) is 33.8 Å². The number of quaternary nitrogens is 1. The van der Waals surface area contributed by atoms with Crippen LogP contribution in [0.4, 0.5) is 0 Å². The second-order valence-electron chi connectivity index (χ2n) is 12.3. The van der Waals surface area contributed by atoms with Crippen LogP contribution in [0.3, 0.4) is 0 Å². The quantitative estimate of drug-likeness (QED) is 0.285. The number of carbonyl (C=O) groups is 3. The van der Waals surface area contributed by atoms with Crippen molar-refractivity contribution in [2.75, 3.05) is 40.9 Å². The zero-order valence-corrected chi connectivity index (χ0v) is 27.1. The molecule has 42 heavy (non-hydrogen) atoms. The lowest BCUT2D eigenvalue weighted by Crippen LogP contribution is -3.00. The normalized spacial score (nSPS) is 22.6. The minimum atomic E-state index is -0.749. The maximum atomic E-state index is 14.0. The zero-order chi connectivity index (χ0) is 29.0. The highest BCUT2D eigenvalue weighted by molar-refractivity contribution is 5.95. The number of fused-ring (bicyclic) bond motifs is 2. The minimum absolute atomic E-state index is 0. The highest BCUT2D eigenvalue weighted by Crippen LogP contribution is 2.45. The maximum Gasteiger partial charge on any atom is 0.337 e. The van der Waals surface area contributed by atoms with Gasteiger partial charge in [-0.25, -0.2) is 9.59 Å². The van der Waals surface area contributed by atoms with Crippen LogP contribution < -0.4 is 34.0 Å². The third kappa shape index (κ3) is 7.27. The van der Waals surface area contributed by atoms with Gasteiger partial charge < -0.3 is 48.0 Å². The van der Waals surface area contributed by atoms with E-state index < -0.39 is 17.9 Å². The van der Waals surface area contributed by atoms with Crippen molar-refractivity contribution < 1.29 is 57.1 Å². The fraction of sp³-hybridized carbons (Fsp3) is 0.545. The molecule has 1 amide bonds. The van der Waals surface area contributed by atoms with Crippen molar-refractivity contribution in [3.05, 3.63) is 58.7 Å². The zero-order valence-electron chi connectivity index (χ0n) is 25.0. The number of rotatable bonds is 6. The molecule has 2 heterocycles. The molecule has 3 aliphatic rings. The third-order valence-electron chi connectivity index (χ3n) is 9.27. The molecule has 0 spiro atoms. The van der Waals surface area contributed by atoms with Crippen LogP contribution in [0, 0.1) is 5.92 Å². The van der Waals surface area contributed by atoms with Crippen LogP contribution in [0.5, 0.6) is 11.5 Å². The number of nitrogens with zero attached hydrogens (tertiary/aromatic N) is 1. The molecule has 0 unspecified atom stereocenters. The van der Waals surface area contributed by atoms with Crippen LogP contribution in [0.2, 0.25) is 0 Å². The SMILES string of the molecule is COC(=O)c1ccc2c(c1)C(C(=O)NC1CC[N+](C)(CC3CCCCCCC3)CC1)c1cc(C(=O)OC)ccc1O2.[I-]. The highest BCUT2D eigenvalue weighted by atomic mass is 127. The van der Waals surface area contributed by atoms with Gasteiger partial charge in [0.25, 0.3) is 0 Å². The van der Waals surface area contributed by atoms with Crippen molar-refractivity contribution in [3.8, 4) is 11.5 Å². The number of nitrogens with one attached hydrogen (secondary N) is 1. The molecule has 2 fully saturated rings. The summed E-state index contributed by atoms with van der Waals surface area (Å²) in [5.74, 6) is -0.0906. The number of methoxy groups -OCH3 is 2. The van der Waals surface area contributed by atoms with Gasteiger partial charge in [0.1, 0.15) is 11.5 Å². The number of likely N-dealkylation sites (tertiary alicyclic amines) is 1. The molecule has 2 aromatic carbocycles. The first-order valence-corrected chi connectivity index (χ1v) is 15.1. The Labute approximate surface area is 266 Å². The second-order valence-corrected chi connectivity index (χ2v) is 12.3. The number of carbonyl (C=O) groups excluding carboxylic acids is 3. The van der Waals surface area contributed by atoms with E-state index in [1.54, 1.807) is 36.4 Å². The van der Waals surface area contributed by atoms with Crippen LogP contribution in [0.15, 0.2) is 36.4 Å². The van der Waals surface area contributed by atoms with E-state index in [1.165, 1.54) is 65.7 Å². The third-order valence-corrected chi connectivity index (χ3v) is 9.27. The summed E-state index contributed by atoms with van der Waals surface area (Å²) >= 11 is 0. The number of halogens is 1. The van der Waals surface area contributed by atoms with Crippen LogP contribution in [0.1, 0.15) is 95.5 Å². The molecule has 228 valence electrons. The summed E-state index contributed by atoms with van der Waals surface area (Å²) in [5, 5.41) is 3.32. The molecule has 1 saturated heterocycles. The van der Waals surface area contributed by atoms with Crippen molar-refractivity contribution in [1.82, 2.24) is 5.32 Å². The molecule has 9 heteroatoms. The molecule has 0 radical (unpaired) electrons. The van der Waals surface area contributed by atoms with Gasteiger partial charge in [-0.1, -0.05) is 32.1 Å². The molecule has 1 saturated carbocycles. The Morgan fingerprint density at radius 2 is 1.31 bits per heavy atom. The Kier molecular flexibility index (Phi) is 10.9. The van der Waals surface area contributed by atoms with Gasteiger partial charge in [-0.05, 0) is 49.2 Å². The van der Waals surface area contributed by atoms with E-state index in [4.69, 9.17) is 14.2 Å². The number of ether oxygens (including phenoxy) is 3. The van der Waals surface area contributed by atoms with Crippen LogP contribution in [0.25, 0.3) is 0 Å². The van der Waals surface area contributed by atoms with E-state index in [2.05, 4.69) is 12.4 Å². The first-order valence-electron chi connectivity index (χ1n) is 15.1. The second kappa shape index (κ2) is 14.2. The number of piperidine rings is 1. The van der Waals surface area contributed by atoms with E-state index >= 15 is 0 Å². The maximum absolute atomic E-state index is 14.0. The number of hydrogen-bond donors (Lipinski definition) is 1. The van der Waals surface area contributed by atoms with Gasteiger partial charge in [0, 0.05) is 35.9 Å². The molecule has 0 bridgehead atoms. The van der Waals surface area contributed by atoms with Crippen LogP contribution >= 0.6 is 0 Å². The van der Waals surface area contributed by atoms with Gasteiger partial charge in [-0.3, -0.25) is 4.79 Å². The van der Waals surface area contributed by atoms with E-state index in [1.807, 2.05) is 0 Å². The summed E-state index contributed by atoms with van der Waals surface area (Å²) in [5.41, 5.74) is 1.81. The van der Waals surface area contributed by atoms with Crippen LogP contribution in [-0.2, 0) is 14.3 Å². The summed E-state index contributed by atoms with van der Waals surface area (Å²) in [6.45, 7) is 3.32. The number of amides is 1. The molecule has 2 aromatic rings. The van der Waals surface area contributed by atoms with Gasteiger partial charge in [0.2, 0.25) is 5.91 Å². The Hall–Kier alpha value is -2.66. The molecule has 0 aromatic heterocycles. The summed E-state index contributed by atoms with van der Waals surface area (Å²) in [4.78, 5) is 38.7. The smallest absolute Gasteiger partial charge is 0.337 e. The predicted molar refractivity (Wildman–Crippen MR) is 155 cm³/mol. The largest absolute Gasteiger partial charge is 1.00 e. The Balaban J connectivity index is 0.00000405. The van der Waals surface area contributed by atoms with E-state index in [9.17, 15) is 14.4 Å². The van der Waals surface area contributed by atoms with Gasteiger partial charge in [-0.2, -0.15) is 0 Å². The number of benzene rings is 2. The van der Waals surface area contributed by atoms with Gasteiger partial charge in [-0.15, -0.1) is 0 Å². The average Bonchev–Trinajstić information content (AvgIpc) is 2.97. The minimum Gasteiger partial charge on any atom is -1.00 e.